The summed E-state index contributed by atoms with van der Waals surface area (Å²) in [5.41, 5.74) is 6.19. The number of esters is 1. The van der Waals surface area contributed by atoms with Crippen LogP contribution in [0.2, 0.25) is 0 Å². The fourth-order valence-corrected chi connectivity index (χ4v) is 2.15. The molecule has 0 aliphatic heterocycles. The van der Waals surface area contributed by atoms with E-state index in [9.17, 15) is 9.18 Å². The van der Waals surface area contributed by atoms with Crippen molar-refractivity contribution in [1.82, 2.24) is 4.98 Å². The van der Waals surface area contributed by atoms with Crippen LogP contribution < -0.4 is 15.2 Å². The molecule has 0 fully saturated rings. The minimum absolute atomic E-state index is 0.200. The number of nitrogens with zero attached hydrogens (tertiary/aromatic N) is 1. The molecule has 0 bridgehead atoms. The maximum Gasteiger partial charge on any atom is 0.337 e. The van der Waals surface area contributed by atoms with Crippen LogP contribution in [0.4, 0.5) is 10.2 Å². The molecular weight excluding hydrogens is 339 g/mol. The Labute approximate surface area is 149 Å². The second-order valence-corrected chi connectivity index (χ2v) is 5.24. The zero-order valence-corrected chi connectivity index (χ0v) is 13.8. The molecule has 0 unspecified atom stereocenters. The highest BCUT2D eigenvalue weighted by Crippen LogP contribution is 2.29. The molecule has 3 aromatic rings. The average molecular weight is 354 g/mol. The summed E-state index contributed by atoms with van der Waals surface area (Å²) in [5, 5.41) is 0. The van der Waals surface area contributed by atoms with Crippen molar-refractivity contribution in [3.63, 3.8) is 0 Å². The number of ether oxygens (including phenoxy) is 3. The van der Waals surface area contributed by atoms with E-state index < -0.39 is 5.97 Å². The predicted octanol–water partition coefficient (Wildman–Crippen LogP) is 4.17. The summed E-state index contributed by atoms with van der Waals surface area (Å²) in [6.45, 7) is 0. The second-order valence-electron chi connectivity index (χ2n) is 5.24. The fraction of sp³-hybridized carbons (Fsp3) is 0.0526. The Kier molecular flexibility index (Phi) is 4.98. The van der Waals surface area contributed by atoms with E-state index in [1.165, 1.54) is 37.4 Å². The Morgan fingerprint density at radius 1 is 0.923 bits per heavy atom. The largest absolute Gasteiger partial charge is 0.465 e. The second kappa shape index (κ2) is 7.52. The normalized spacial score (nSPS) is 10.2. The number of nitrogen functional groups attached to an aromatic ring is 1. The third-order valence-electron chi connectivity index (χ3n) is 3.34. The lowest BCUT2D eigenvalue weighted by Crippen LogP contribution is -2.00. The Balaban J connectivity index is 1.77. The van der Waals surface area contributed by atoms with E-state index in [4.69, 9.17) is 15.2 Å². The molecular formula is C19H15FN2O4. The minimum atomic E-state index is -0.431. The molecule has 0 radical (unpaired) electrons. The number of halogens is 1. The lowest BCUT2D eigenvalue weighted by Gasteiger charge is -2.10. The summed E-state index contributed by atoms with van der Waals surface area (Å²) in [4.78, 5) is 15.5. The van der Waals surface area contributed by atoms with Crippen LogP contribution in [0.25, 0.3) is 0 Å². The highest BCUT2D eigenvalue weighted by molar-refractivity contribution is 5.89. The van der Waals surface area contributed by atoms with Gasteiger partial charge < -0.3 is 19.9 Å². The molecule has 7 heteroatoms. The molecule has 26 heavy (non-hydrogen) atoms. The topological polar surface area (TPSA) is 83.7 Å². The number of benzene rings is 2. The van der Waals surface area contributed by atoms with Crippen LogP contribution in [0, 0.1) is 5.82 Å². The molecule has 2 aromatic carbocycles. The lowest BCUT2D eigenvalue weighted by molar-refractivity contribution is 0.0600. The van der Waals surface area contributed by atoms with E-state index >= 15 is 0 Å². The van der Waals surface area contributed by atoms with Crippen molar-refractivity contribution in [3.05, 3.63) is 72.0 Å². The molecule has 0 atom stereocenters. The van der Waals surface area contributed by atoms with Crippen LogP contribution in [-0.2, 0) is 4.74 Å². The van der Waals surface area contributed by atoms with Gasteiger partial charge in [0.2, 0.25) is 5.88 Å². The zero-order valence-electron chi connectivity index (χ0n) is 13.8. The number of aromatic nitrogens is 1. The van der Waals surface area contributed by atoms with Crippen LogP contribution in [0.3, 0.4) is 0 Å². The van der Waals surface area contributed by atoms with Gasteiger partial charge in [-0.2, -0.15) is 4.98 Å². The van der Waals surface area contributed by atoms with Gasteiger partial charge in [0.15, 0.2) is 0 Å². The van der Waals surface area contributed by atoms with E-state index in [0.29, 0.717) is 22.8 Å². The highest BCUT2D eigenvalue weighted by atomic mass is 19.1. The molecule has 2 N–H and O–H groups in total. The first kappa shape index (κ1) is 17.2. The molecule has 132 valence electrons. The number of pyridine rings is 1. The van der Waals surface area contributed by atoms with E-state index in [1.807, 2.05) is 0 Å². The van der Waals surface area contributed by atoms with Crippen molar-refractivity contribution >= 4 is 11.8 Å². The number of methoxy groups -OCH3 is 1. The Hall–Kier alpha value is -3.61. The first-order valence-electron chi connectivity index (χ1n) is 7.61. The molecule has 0 aliphatic rings. The number of anilines is 1. The maximum absolute atomic E-state index is 13.0. The van der Waals surface area contributed by atoms with Crippen LogP contribution in [0.1, 0.15) is 10.4 Å². The molecule has 0 spiro atoms. The maximum atomic E-state index is 13.0. The molecule has 3 rings (SSSR count). The summed E-state index contributed by atoms with van der Waals surface area (Å²) in [7, 11) is 1.31. The van der Waals surface area contributed by atoms with Gasteiger partial charge in [0.1, 0.15) is 28.9 Å². The van der Waals surface area contributed by atoms with E-state index in [-0.39, 0.29) is 17.5 Å². The summed E-state index contributed by atoms with van der Waals surface area (Å²) >= 11 is 0. The molecule has 0 aliphatic carbocycles. The predicted molar refractivity (Wildman–Crippen MR) is 93.0 cm³/mol. The van der Waals surface area contributed by atoms with Crippen molar-refractivity contribution in [2.24, 2.45) is 0 Å². The Bertz CT molecular complexity index is 912. The molecule has 6 nitrogen and oxygen atoms in total. The van der Waals surface area contributed by atoms with Crippen LogP contribution in [0.15, 0.2) is 60.7 Å². The van der Waals surface area contributed by atoms with Gasteiger partial charge in [0, 0.05) is 12.1 Å². The van der Waals surface area contributed by atoms with Gasteiger partial charge in [-0.1, -0.05) is 0 Å². The Morgan fingerprint density at radius 3 is 2.19 bits per heavy atom. The van der Waals surface area contributed by atoms with E-state index in [2.05, 4.69) is 9.72 Å². The fourth-order valence-electron chi connectivity index (χ4n) is 2.15. The molecule has 1 aromatic heterocycles. The summed E-state index contributed by atoms with van der Waals surface area (Å²) < 4.78 is 28.9. The average Bonchev–Trinajstić information content (AvgIpc) is 2.63. The van der Waals surface area contributed by atoms with Crippen molar-refractivity contribution < 1.29 is 23.4 Å². The lowest BCUT2D eigenvalue weighted by atomic mass is 10.2. The minimum Gasteiger partial charge on any atom is -0.465 e. The first-order valence-corrected chi connectivity index (χ1v) is 7.61. The van der Waals surface area contributed by atoms with Gasteiger partial charge in [-0.15, -0.1) is 0 Å². The van der Waals surface area contributed by atoms with Gasteiger partial charge in [0.25, 0.3) is 0 Å². The van der Waals surface area contributed by atoms with Gasteiger partial charge in [-0.25, -0.2) is 9.18 Å². The molecule has 0 saturated heterocycles. The van der Waals surface area contributed by atoms with E-state index in [0.717, 1.165) is 0 Å². The van der Waals surface area contributed by atoms with Crippen molar-refractivity contribution in [2.75, 3.05) is 12.8 Å². The quantitative estimate of drug-likeness (QED) is 0.692. The first-order chi connectivity index (χ1) is 12.5. The summed E-state index contributed by atoms with van der Waals surface area (Å²) in [6, 6.07) is 15.0. The number of carbonyl (C=O) groups is 1. The van der Waals surface area contributed by atoms with Crippen molar-refractivity contribution in [1.29, 1.82) is 0 Å². The third kappa shape index (κ3) is 4.27. The number of carbonyl (C=O) groups excluding carboxylic acids is 1. The van der Waals surface area contributed by atoms with Crippen LogP contribution in [0.5, 0.6) is 23.1 Å². The molecule has 0 saturated carbocycles. The van der Waals surface area contributed by atoms with Crippen LogP contribution in [-0.4, -0.2) is 18.1 Å². The number of nitrogens with two attached hydrogens (primary N) is 1. The zero-order chi connectivity index (χ0) is 18.5. The van der Waals surface area contributed by atoms with Crippen LogP contribution >= 0.6 is 0 Å². The number of hydrogen-bond donors (Lipinski definition) is 1. The Morgan fingerprint density at radius 2 is 1.54 bits per heavy atom. The molecule has 0 amide bonds. The van der Waals surface area contributed by atoms with Crippen molar-refractivity contribution in [3.8, 4) is 23.1 Å². The highest BCUT2D eigenvalue weighted by Gasteiger charge is 2.08. The SMILES string of the molecule is COC(=O)c1ccc(Oc2cc(N)nc(Oc3ccc(F)cc3)c2)cc1. The van der Waals surface area contributed by atoms with E-state index in [1.54, 1.807) is 30.3 Å². The summed E-state index contributed by atoms with van der Waals surface area (Å²) in [6.07, 6.45) is 0. The third-order valence-corrected chi connectivity index (χ3v) is 3.34. The monoisotopic (exact) mass is 354 g/mol. The summed E-state index contributed by atoms with van der Waals surface area (Å²) in [5.74, 6) is 0.926. The van der Waals surface area contributed by atoms with Crippen molar-refractivity contribution in [2.45, 2.75) is 0 Å². The standard InChI is InChI=1S/C19H15FN2O4/c1-24-19(23)12-2-6-14(7-3-12)25-16-10-17(21)22-18(11-16)26-15-8-4-13(20)5-9-15/h2-11H,1H3,(H2,21,22). The van der Waals surface area contributed by atoms with Gasteiger partial charge >= 0.3 is 5.97 Å². The number of hydrogen-bond acceptors (Lipinski definition) is 6. The molecule has 1 heterocycles. The van der Waals surface area contributed by atoms with Gasteiger partial charge in [-0.05, 0) is 48.5 Å². The van der Waals surface area contributed by atoms with Gasteiger partial charge in [-0.3, -0.25) is 0 Å². The smallest absolute Gasteiger partial charge is 0.337 e. The van der Waals surface area contributed by atoms with Gasteiger partial charge in [0.05, 0.1) is 12.7 Å². The number of rotatable bonds is 5.